The van der Waals surface area contributed by atoms with Crippen molar-refractivity contribution >= 4 is 11.4 Å². The number of anilines is 2. The summed E-state index contributed by atoms with van der Waals surface area (Å²) in [5.41, 5.74) is 5.64. The standard InChI is InChI=1S/C13H15F3N2O/c14-13(15,16)7-1-3-10(9(17)5-7)18-11-6-8-2-4-12(11)19-8/h1,3,5,8,11-12,18H,2,4,6,17H2. The molecular weight excluding hydrogens is 257 g/mol. The Hall–Kier alpha value is -1.43. The van der Waals surface area contributed by atoms with Gasteiger partial charge in [0.05, 0.1) is 35.2 Å². The number of rotatable bonds is 2. The van der Waals surface area contributed by atoms with E-state index in [2.05, 4.69) is 5.32 Å². The monoisotopic (exact) mass is 272 g/mol. The summed E-state index contributed by atoms with van der Waals surface area (Å²) in [6.07, 6.45) is -0.938. The van der Waals surface area contributed by atoms with Crippen LogP contribution in [0.1, 0.15) is 24.8 Å². The number of hydrogen-bond donors (Lipinski definition) is 2. The van der Waals surface area contributed by atoms with Gasteiger partial charge in [0, 0.05) is 0 Å². The molecule has 19 heavy (non-hydrogen) atoms. The Kier molecular flexibility index (Phi) is 2.85. The number of alkyl halides is 3. The van der Waals surface area contributed by atoms with Gasteiger partial charge in [-0.2, -0.15) is 13.2 Å². The molecule has 1 aromatic rings. The summed E-state index contributed by atoms with van der Waals surface area (Å²) >= 11 is 0. The molecule has 3 rings (SSSR count). The second-order valence-electron chi connectivity index (χ2n) is 5.16. The number of nitrogens with one attached hydrogen (secondary N) is 1. The maximum absolute atomic E-state index is 12.5. The molecule has 0 aromatic heterocycles. The molecule has 0 radical (unpaired) electrons. The van der Waals surface area contributed by atoms with Gasteiger partial charge in [-0.05, 0) is 37.5 Å². The maximum Gasteiger partial charge on any atom is 0.416 e. The molecule has 1 aromatic carbocycles. The predicted octanol–water partition coefficient (Wildman–Crippen LogP) is 3.02. The van der Waals surface area contributed by atoms with Gasteiger partial charge in [-0.15, -0.1) is 0 Å². The third-order valence-corrected chi connectivity index (χ3v) is 3.83. The van der Waals surface area contributed by atoms with Crippen LogP contribution in [0.15, 0.2) is 18.2 Å². The topological polar surface area (TPSA) is 47.3 Å². The largest absolute Gasteiger partial charge is 0.416 e. The predicted molar refractivity (Wildman–Crippen MR) is 65.8 cm³/mol. The first-order valence-corrected chi connectivity index (χ1v) is 6.32. The number of hydrogen-bond acceptors (Lipinski definition) is 3. The van der Waals surface area contributed by atoms with Crippen molar-refractivity contribution in [1.29, 1.82) is 0 Å². The molecule has 2 bridgehead atoms. The smallest absolute Gasteiger partial charge is 0.397 e. The molecule has 0 spiro atoms. The Bertz CT molecular complexity index is 489. The average Bonchev–Trinajstić information content (AvgIpc) is 2.92. The lowest BCUT2D eigenvalue weighted by Gasteiger charge is -2.22. The molecule has 3 nitrogen and oxygen atoms in total. The summed E-state index contributed by atoms with van der Waals surface area (Å²) in [5.74, 6) is 0. The molecule has 0 saturated carbocycles. The molecule has 0 aliphatic carbocycles. The summed E-state index contributed by atoms with van der Waals surface area (Å²) in [6.45, 7) is 0. The highest BCUT2D eigenvalue weighted by molar-refractivity contribution is 5.67. The molecule has 0 amide bonds. The number of fused-ring (bicyclic) bond motifs is 2. The van der Waals surface area contributed by atoms with Crippen LogP contribution in [0.3, 0.4) is 0 Å². The highest BCUT2D eigenvalue weighted by atomic mass is 19.4. The van der Waals surface area contributed by atoms with Gasteiger partial charge in [0.1, 0.15) is 0 Å². The second-order valence-corrected chi connectivity index (χ2v) is 5.16. The molecule has 6 heteroatoms. The fraction of sp³-hybridized carbons (Fsp3) is 0.538. The van der Waals surface area contributed by atoms with E-state index < -0.39 is 11.7 Å². The highest BCUT2D eigenvalue weighted by Gasteiger charge is 2.41. The number of halogens is 3. The van der Waals surface area contributed by atoms with Crippen molar-refractivity contribution in [3.63, 3.8) is 0 Å². The Labute approximate surface area is 108 Å². The van der Waals surface area contributed by atoms with Crippen LogP contribution in [0.4, 0.5) is 24.5 Å². The Morgan fingerprint density at radius 3 is 2.58 bits per heavy atom. The van der Waals surface area contributed by atoms with Gasteiger partial charge < -0.3 is 15.8 Å². The van der Waals surface area contributed by atoms with Gasteiger partial charge in [-0.25, -0.2) is 0 Å². The first kappa shape index (κ1) is 12.6. The minimum Gasteiger partial charge on any atom is -0.397 e. The van der Waals surface area contributed by atoms with Crippen molar-refractivity contribution in [2.24, 2.45) is 0 Å². The second kappa shape index (κ2) is 4.30. The van der Waals surface area contributed by atoms with Crippen molar-refractivity contribution in [2.75, 3.05) is 11.1 Å². The Morgan fingerprint density at radius 2 is 2.05 bits per heavy atom. The van der Waals surface area contributed by atoms with Gasteiger partial charge in [-0.3, -0.25) is 0 Å². The van der Waals surface area contributed by atoms with Crippen LogP contribution in [-0.2, 0) is 10.9 Å². The van der Waals surface area contributed by atoms with E-state index in [-0.39, 0.29) is 23.9 Å². The van der Waals surface area contributed by atoms with Gasteiger partial charge in [0.2, 0.25) is 0 Å². The minimum atomic E-state index is -4.36. The van der Waals surface area contributed by atoms with Crippen molar-refractivity contribution in [1.82, 2.24) is 0 Å². The quantitative estimate of drug-likeness (QED) is 0.813. The third kappa shape index (κ3) is 2.36. The van der Waals surface area contributed by atoms with Crippen LogP contribution >= 0.6 is 0 Å². The molecule has 2 aliphatic rings. The van der Waals surface area contributed by atoms with E-state index in [1.54, 1.807) is 0 Å². The molecule has 2 aliphatic heterocycles. The van der Waals surface area contributed by atoms with E-state index in [0.29, 0.717) is 5.69 Å². The third-order valence-electron chi connectivity index (χ3n) is 3.83. The van der Waals surface area contributed by atoms with Crippen LogP contribution < -0.4 is 11.1 Å². The van der Waals surface area contributed by atoms with E-state index in [1.165, 1.54) is 6.07 Å². The van der Waals surface area contributed by atoms with Crippen molar-refractivity contribution in [3.05, 3.63) is 23.8 Å². The van der Waals surface area contributed by atoms with Gasteiger partial charge in [0.15, 0.2) is 0 Å². The molecule has 3 atom stereocenters. The van der Waals surface area contributed by atoms with Crippen LogP contribution in [0.25, 0.3) is 0 Å². The molecule has 3 unspecified atom stereocenters. The Morgan fingerprint density at radius 1 is 1.26 bits per heavy atom. The number of benzene rings is 1. The van der Waals surface area contributed by atoms with Crippen molar-refractivity contribution < 1.29 is 17.9 Å². The fourth-order valence-corrected chi connectivity index (χ4v) is 2.86. The lowest BCUT2D eigenvalue weighted by atomic mass is 9.95. The zero-order valence-corrected chi connectivity index (χ0v) is 10.2. The summed E-state index contributed by atoms with van der Waals surface area (Å²) in [7, 11) is 0. The minimum absolute atomic E-state index is 0.123. The summed E-state index contributed by atoms with van der Waals surface area (Å²) in [4.78, 5) is 0. The summed E-state index contributed by atoms with van der Waals surface area (Å²) in [6, 6.07) is 3.56. The van der Waals surface area contributed by atoms with Crippen LogP contribution in [-0.4, -0.2) is 18.2 Å². The zero-order chi connectivity index (χ0) is 13.6. The Balaban J connectivity index is 1.75. The van der Waals surface area contributed by atoms with Gasteiger partial charge in [0.25, 0.3) is 0 Å². The summed E-state index contributed by atoms with van der Waals surface area (Å²) in [5, 5.41) is 3.20. The molecule has 3 N–H and O–H groups in total. The van der Waals surface area contributed by atoms with Crippen LogP contribution in [0.5, 0.6) is 0 Å². The molecular formula is C13H15F3N2O. The zero-order valence-electron chi connectivity index (χ0n) is 10.2. The van der Waals surface area contributed by atoms with Crippen LogP contribution in [0, 0.1) is 0 Å². The first-order valence-electron chi connectivity index (χ1n) is 6.32. The van der Waals surface area contributed by atoms with Crippen LogP contribution in [0.2, 0.25) is 0 Å². The lowest BCUT2D eigenvalue weighted by molar-refractivity contribution is -0.137. The van der Waals surface area contributed by atoms with E-state index >= 15 is 0 Å². The normalized spacial score (nSPS) is 29.7. The fourth-order valence-electron chi connectivity index (χ4n) is 2.86. The molecule has 2 fully saturated rings. The van der Waals surface area contributed by atoms with E-state index in [9.17, 15) is 13.2 Å². The van der Waals surface area contributed by atoms with Crippen molar-refractivity contribution in [3.8, 4) is 0 Å². The van der Waals surface area contributed by atoms with Crippen molar-refractivity contribution in [2.45, 2.75) is 43.7 Å². The molecule has 2 heterocycles. The first-order chi connectivity index (χ1) is 8.93. The molecule has 2 saturated heterocycles. The maximum atomic E-state index is 12.5. The van der Waals surface area contributed by atoms with E-state index in [1.807, 2.05) is 0 Å². The highest BCUT2D eigenvalue weighted by Crippen LogP contribution is 2.38. The van der Waals surface area contributed by atoms with Gasteiger partial charge in [-0.1, -0.05) is 0 Å². The van der Waals surface area contributed by atoms with E-state index in [4.69, 9.17) is 10.5 Å². The summed E-state index contributed by atoms with van der Waals surface area (Å²) < 4.78 is 43.3. The van der Waals surface area contributed by atoms with E-state index in [0.717, 1.165) is 31.4 Å². The van der Waals surface area contributed by atoms with Gasteiger partial charge >= 0.3 is 6.18 Å². The number of nitrogens with two attached hydrogens (primary N) is 1. The molecule has 104 valence electrons. The number of nitrogen functional groups attached to an aromatic ring is 1. The average molecular weight is 272 g/mol. The SMILES string of the molecule is Nc1cc(C(F)(F)F)ccc1NC1CC2CCC1O2. The lowest BCUT2D eigenvalue weighted by Crippen LogP contribution is -2.30. The number of ether oxygens (including phenoxy) is 1.